The minimum atomic E-state index is -1.07. The molecule has 0 saturated carbocycles. The molecule has 0 spiro atoms. The number of hydrogen-bond donors (Lipinski definition) is 1. The van der Waals surface area contributed by atoms with Gasteiger partial charge in [0.05, 0.1) is 14.2 Å². The van der Waals surface area contributed by atoms with Crippen molar-refractivity contribution < 1.29 is 23.8 Å². The van der Waals surface area contributed by atoms with Crippen LogP contribution in [0.5, 0.6) is 11.5 Å². The summed E-state index contributed by atoms with van der Waals surface area (Å²) in [6, 6.07) is 11.2. The van der Waals surface area contributed by atoms with Crippen LogP contribution in [0.2, 0.25) is 0 Å². The van der Waals surface area contributed by atoms with E-state index < -0.39 is 5.97 Å². The monoisotopic (exact) mass is 467 g/mol. The van der Waals surface area contributed by atoms with Crippen molar-refractivity contribution in [2.45, 2.75) is 25.0 Å². The number of hydrogen-bond acceptors (Lipinski definition) is 8. The zero-order valence-corrected chi connectivity index (χ0v) is 19.5. The van der Waals surface area contributed by atoms with Gasteiger partial charge in [-0.2, -0.15) is 0 Å². The molecule has 2 heterocycles. The molecule has 9 heteroatoms. The lowest BCUT2D eigenvalue weighted by molar-refractivity contribution is -0.131. The van der Waals surface area contributed by atoms with Gasteiger partial charge in [-0.3, -0.25) is 0 Å². The van der Waals surface area contributed by atoms with Gasteiger partial charge in [0.1, 0.15) is 16.4 Å². The van der Waals surface area contributed by atoms with E-state index in [0.29, 0.717) is 17.1 Å². The van der Waals surface area contributed by atoms with Crippen molar-refractivity contribution in [2.75, 3.05) is 32.2 Å². The highest BCUT2D eigenvalue weighted by Gasteiger charge is 2.18. The number of anilines is 1. The molecule has 172 valence electrons. The van der Waals surface area contributed by atoms with E-state index in [1.807, 2.05) is 19.1 Å². The molecule has 1 fully saturated rings. The summed E-state index contributed by atoms with van der Waals surface area (Å²) < 4.78 is 16.3. The summed E-state index contributed by atoms with van der Waals surface area (Å²) in [4.78, 5) is 14.3. The number of rotatable bonds is 8. The lowest BCUT2D eigenvalue weighted by atomic mass is 10.1. The van der Waals surface area contributed by atoms with Crippen molar-refractivity contribution in [1.82, 2.24) is 10.2 Å². The Kier molecular flexibility index (Phi) is 6.88. The van der Waals surface area contributed by atoms with Crippen molar-refractivity contribution in [2.24, 2.45) is 0 Å². The van der Waals surface area contributed by atoms with Crippen LogP contribution in [-0.2, 0) is 4.79 Å². The zero-order valence-electron chi connectivity index (χ0n) is 18.7. The first-order chi connectivity index (χ1) is 16.0. The molecular weight excluding hydrogens is 442 g/mol. The maximum Gasteiger partial charge on any atom is 0.342 e. The highest BCUT2D eigenvalue weighted by molar-refractivity contribution is 8.03. The number of carboxylic acid groups (broad SMARTS) is 1. The molecule has 0 radical (unpaired) electrons. The van der Waals surface area contributed by atoms with Crippen LogP contribution in [0.1, 0.15) is 24.0 Å². The van der Waals surface area contributed by atoms with Gasteiger partial charge in [-0.05, 0) is 73.0 Å². The predicted molar refractivity (Wildman–Crippen MR) is 127 cm³/mol. The van der Waals surface area contributed by atoms with Crippen molar-refractivity contribution >= 4 is 29.5 Å². The Bertz CT molecular complexity index is 1160. The molecule has 0 unspecified atom stereocenters. The van der Waals surface area contributed by atoms with E-state index in [1.165, 1.54) is 18.5 Å². The molecule has 1 saturated heterocycles. The van der Waals surface area contributed by atoms with E-state index in [0.717, 1.165) is 36.0 Å². The molecule has 1 aliphatic heterocycles. The minimum absolute atomic E-state index is 0.0849. The average Bonchev–Trinajstić information content (AvgIpc) is 3.51. The second kappa shape index (κ2) is 9.99. The third-order valence-corrected chi connectivity index (χ3v) is 6.23. The van der Waals surface area contributed by atoms with E-state index >= 15 is 0 Å². The minimum Gasteiger partial charge on any atom is -0.497 e. The molecule has 0 atom stereocenters. The van der Waals surface area contributed by atoms with Crippen molar-refractivity contribution in [3.63, 3.8) is 0 Å². The van der Waals surface area contributed by atoms with Crippen molar-refractivity contribution in [3.8, 4) is 23.0 Å². The zero-order chi connectivity index (χ0) is 23.4. The molecule has 0 amide bonds. The fourth-order valence-corrected chi connectivity index (χ4v) is 4.43. The standard InChI is InChI=1S/C24H25N3O5S/c1-15-10-16(6-7-20(15)27-8-4-5-9-27)11-21(23(28)29)33-24-26-25-22(32-24)17-12-18(30-2)14-19(13-17)31-3/h6-7,10-14H,4-5,8-9H2,1-3H3,(H,28,29)/b21-11+. The van der Waals surface area contributed by atoms with Crippen LogP contribution in [0.25, 0.3) is 17.5 Å². The Balaban J connectivity index is 1.56. The molecule has 2 aromatic carbocycles. The van der Waals surface area contributed by atoms with Gasteiger partial charge < -0.3 is 23.9 Å². The number of carbonyl (C=O) groups is 1. The number of nitrogens with zero attached hydrogens (tertiary/aromatic N) is 3. The molecular formula is C24H25N3O5S. The van der Waals surface area contributed by atoms with Crippen LogP contribution in [0.3, 0.4) is 0 Å². The summed E-state index contributed by atoms with van der Waals surface area (Å²) in [6.45, 7) is 4.17. The third kappa shape index (κ3) is 5.31. The fourth-order valence-electron chi connectivity index (χ4n) is 3.76. The van der Waals surface area contributed by atoms with Crippen molar-refractivity contribution in [1.29, 1.82) is 0 Å². The number of aromatic nitrogens is 2. The molecule has 1 aromatic heterocycles. The van der Waals surface area contributed by atoms with Gasteiger partial charge in [0.25, 0.3) is 5.22 Å². The summed E-state index contributed by atoms with van der Waals surface area (Å²) in [5.41, 5.74) is 3.73. The molecule has 8 nitrogen and oxygen atoms in total. The quantitative estimate of drug-likeness (QED) is 0.367. The fraction of sp³-hybridized carbons (Fsp3) is 0.292. The molecule has 0 bridgehead atoms. The Morgan fingerprint density at radius 3 is 2.39 bits per heavy atom. The molecule has 4 rings (SSSR count). The van der Waals surface area contributed by atoms with Crippen LogP contribution in [-0.4, -0.2) is 48.6 Å². The van der Waals surface area contributed by atoms with Crippen LogP contribution in [0.15, 0.2) is 50.9 Å². The number of carboxylic acids is 1. The molecule has 3 aromatic rings. The number of ether oxygens (including phenoxy) is 2. The maximum absolute atomic E-state index is 11.9. The predicted octanol–water partition coefficient (Wildman–Crippen LogP) is 4.88. The average molecular weight is 468 g/mol. The second-order valence-corrected chi connectivity index (χ2v) is 8.62. The van der Waals surface area contributed by atoms with Crippen molar-refractivity contribution in [3.05, 3.63) is 52.4 Å². The normalized spacial score (nSPS) is 13.9. The summed E-state index contributed by atoms with van der Waals surface area (Å²) >= 11 is 0.911. The number of aryl methyl sites for hydroxylation is 1. The molecule has 1 N–H and O–H groups in total. The lowest BCUT2D eigenvalue weighted by Gasteiger charge is -2.20. The Hall–Kier alpha value is -3.46. The first-order valence-corrected chi connectivity index (χ1v) is 11.3. The summed E-state index contributed by atoms with van der Waals surface area (Å²) in [5.74, 6) is 0.334. The van der Waals surface area contributed by atoms with Crippen LogP contribution in [0.4, 0.5) is 5.69 Å². The Morgan fingerprint density at radius 2 is 1.79 bits per heavy atom. The highest BCUT2D eigenvalue weighted by atomic mass is 32.2. The largest absolute Gasteiger partial charge is 0.497 e. The van der Waals surface area contributed by atoms with E-state index in [2.05, 4.69) is 21.2 Å². The van der Waals surface area contributed by atoms with Gasteiger partial charge >= 0.3 is 5.97 Å². The van der Waals surface area contributed by atoms with Gasteiger partial charge in [-0.1, -0.05) is 6.07 Å². The number of thioether (sulfide) groups is 1. The van der Waals surface area contributed by atoms with E-state index in [9.17, 15) is 9.90 Å². The second-order valence-electron chi connectivity index (χ2n) is 7.63. The van der Waals surface area contributed by atoms with Crippen LogP contribution >= 0.6 is 11.8 Å². The molecule has 33 heavy (non-hydrogen) atoms. The first kappa shape index (κ1) is 22.7. The van der Waals surface area contributed by atoms with Gasteiger partial charge in [-0.25, -0.2) is 4.79 Å². The van der Waals surface area contributed by atoms with Gasteiger partial charge in [0.2, 0.25) is 5.89 Å². The van der Waals surface area contributed by atoms with E-state index in [1.54, 1.807) is 38.5 Å². The highest BCUT2D eigenvalue weighted by Crippen LogP contribution is 2.33. The number of methoxy groups -OCH3 is 2. The van der Waals surface area contributed by atoms with Crippen LogP contribution in [0, 0.1) is 6.92 Å². The molecule has 1 aliphatic rings. The Labute approximate surface area is 196 Å². The molecule has 0 aliphatic carbocycles. The summed E-state index contributed by atoms with van der Waals surface area (Å²) in [6.07, 6.45) is 4.03. The third-order valence-electron chi connectivity index (χ3n) is 5.38. The lowest BCUT2D eigenvalue weighted by Crippen LogP contribution is -2.18. The van der Waals surface area contributed by atoms with Gasteiger partial charge in [-0.15, -0.1) is 10.2 Å². The maximum atomic E-state index is 11.9. The number of benzene rings is 2. The summed E-state index contributed by atoms with van der Waals surface area (Å²) in [5, 5.41) is 17.9. The van der Waals surface area contributed by atoms with E-state index in [-0.39, 0.29) is 16.0 Å². The SMILES string of the molecule is COc1cc(OC)cc(-c2nnc(S/C(=C/c3ccc(N4CCCC4)c(C)c3)C(=O)O)o2)c1. The van der Waals surface area contributed by atoms with Gasteiger partial charge in [0.15, 0.2) is 0 Å². The summed E-state index contributed by atoms with van der Waals surface area (Å²) in [7, 11) is 3.11. The number of aliphatic carboxylic acids is 1. The van der Waals surface area contributed by atoms with Crippen LogP contribution < -0.4 is 14.4 Å². The topological polar surface area (TPSA) is 97.9 Å². The smallest absolute Gasteiger partial charge is 0.342 e. The Morgan fingerprint density at radius 1 is 1.09 bits per heavy atom. The van der Waals surface area contributed by atoms with E-state index in [4.69, 9.17) is 13.9 Å². The first-order valence-electron chi connectivity index (χ1n) is 10.5. The van der Waals surface area contributed by atoms with Gasteiger partial charge in [0, 0.05) is 30.4 Å².